The molecule has 0 saturated heterocycles. The molecule has 0 aromatic heterocycles. The molecular weight excluding hydrogens is 460 g/mol. The van der Waals surface area contributed by atoms with Crippen LogP contribution in [0.1, 0.15) is 52.4 Å². The Hall–Kier alpha value is -3.32. The summed E-state index contributed by atoms with van der Waals surface area (Å²) in [5, 5.41) is 2.87. The molecule has 1 amide bonds. The predicted octanol–water partition coefficient (Wildman–Crippen LogP) is 5.20. The second-order valence-corrected chi connectivity index (χ2v) is 11.0. The van der Waals surface area contributed by atoms with E-state index in [9.17, 15) is 13.2 Å². The molecule has 0 radical (unpaired) electrons. The van der Waals surface area contributed by atoms with Gasteiger partial charge in [-0.3, -0.25) is 9.10 Å². The van der Waals surface area contributed by atoms with Gasteiger partial charge in [0.25, 0.3) is 5.91 Å². The number of para-hydroxylation sites is 1. The van der Waals surface area contributed by atoms with Crippen LogP contribution in [0.15, 0.2) is 66.7 Å². The largest absolute Gasteiger partial charge is 0.491 e. The summed E-state index contributed by atoms with van der Waals surface area (Å²) < 4.78 is 32.2. The van der Waals surface area contributed by atoms with E-state index < -0.39 is 10.0 Å². The lowest BCUT2D eigenvalue weighted by Crippen LogP contribution is -2.30. The average Bonchev–Trinajstić information content (AvgIpc) is 2.79. The van der Waals surface area contributed by atoms with E-state index >= 15 is 0 Å². The van der Waals surface area contributed by atoms with Gasteiger partial charge in [-0.2, -0.15) is 0 Å². The maximum atomic E-state index is 12.5. The summed E-state index contributed by atoms with van der Waals surface area (Å²) in [6, 6.07) is 20.6. The van der Waals surface area contributed by atoms with Crippen molar-refractivity contribution in [2.24, 2.45) is 0 Å². The Morgan fingerprint density at radius 2 is 1.60 bits per heavy atom. The quantitative estimate of drug-likeness (QED) is 0.393. The minimum absolute atomic E-state index is 0.187. The van der Waals surface area contributed by atoms with Crippen molar-refractivity contribution in [3.63, 3.8) is 0 Å². The fourth-order valence-electron chi connectivity index (χ4n) is 3.94. The number of sulfonamides is 1. The van der Waals surface area contributed by atoms with Crippen LogP contribution in [0.4, 0.5) is 5.69 Å². The van der Waals surface area contributed by atoms with Gasteiger partial charge in [-0.1, -0.05) is 50.2 Å². The Labute approximate surface area is 209 Å². The zero-order chi connectivity index (χ0) is 25.6. The first-order valence-corrected chi connectivity index (χ1v) is 13.5. The first-order valence-electron chi connectivity index (χ1n) is 11.7. The molecular formula is C28H34N2O4S. The van der Waals surface area contributed by atoms with Crippen LogP contribution < -0.4 is 14.4 Å². The van der Waals surface area contributed by atoms with E-state index in [1.807, 2.05) is 56.3 Å². The van der Waals surface area contributed by atoms with Crippen molar-refractivity contribution in [3.8, 4) is 5.75 Å². The van der Waals surface area contributed by atoms with E-state index in [4.69, 9.17) is 4.74 Å². The standard InChI is InChI=1S/C28H34N2O4S/c1-20(2)26-8-6-7-9-27(26)34-15-14-29-28(31)24-12-10-23(11-13-24)19-30(35(5,32)33)25-17-21(3)16-22(4)18-25/h6-13,16-18,20H,14-15,19H2,1-5H3,(H,29,31). The molecule has 0 spiro atoms. The lowest BCUT2D eigenvalue weighted by Gasteiger charge is -2.23. The molecule has 0 heterocycles. The predicted molar refractivity (Wildman–Crippen MR) is 142 cm³/mol. The smallest absolute Gasteiger partial charge is 0.251 e. The zero-order valence-electron chi connectivity index (χ0n) is 21.0. The number of rotatable bonds is 10. The lowest BCUT2D eigenvalue weighted by atomic mass is 10.0. The molecule has 0 fully saturated rings. The lowest BCUT2D eigenvalue weighted by molar-refractivity contribution is 0.0947. The molecule has 3 rings (SSSR count). The first kappa shape index (κ1) is 26.3. The summed E-state index contributed by atoms with van der Waals surface area (Å²) in [6.07, 6.45) is 1.20. The van der Waals surface area contributed by atoms with Gasteiger partial charge >= 0.3 is 0 Å². The summed E-state index contributed by atoms with van der Waals surface area (Å²) in [5.41, 5.74) is 5.06. The Morgan fingerprint density at radius 3 is 2.20 bits per heavy atom. The van der Waals surface area contributed by atoms with Crippen molar-refractivity contribution in [3.05, 3.63) is 94.5 Å². The fraction of sp³-hybridized carbons (Fsp3) is 0.321. The molecule has 0 aliphatic carbocycles. The molecule has 186 valence electrons. The first-order chi connectivity index (χ1) is 16.5. The van der Waals surface area contributed by atoms with Crippen molar-refractivity contribution in [1.29, 1.82) is 0 Å². The highest BCUT2D eigenvalue weighted by Gasteiger charge is 2.19. The highest BCUT2D eigenvalue weighted by atomic mass is 32.2. The number of anilines is 1. The number of amides is 1. The minimum atomic E-state index is -3.48. The number of carbonyl (C=O) groups excluding carboxylic acids is 1. The number of ether oxygens (including phenoxy) is 1. The van der Waals surface area contributed by atoms with E-state index in [1.165, 1.54) is 10.6 Å². The topological polar surface area (TPSA) is 75.7 Å². The molecule has 35 heavy (non-hydrogen) atoms. The molecule has 0 atom stereocenters. The number of nitrogens with zero attached hydrogens (tertiary/aromatic N) is 1. The van der Waals surface area contributed by atoms with Crippen LogP contribution in [0.25, 0.3) is 0 Å². The number of hydrogen-bond donors (Lipinski definition) is 1. The number of nitrogens with one attached hydrogen (secondary N) is 1. The zero-order valence-corrected chi connectivity index (χ0v) is 21.9. The molecule has 3 aromatic carbocycles. The van der Waals surface area contributed by atoms with Gasteiger partial charge in [-0.15, -0.1) is 0 Å². The second kappa shape index (κ2) is 11.4. The van der Waals surface area contributed by atoms with Crippen LogP contribution in [0.5, 0.6) is 5.75 Å². The van der Waals surface area contributed by atoms with Crippen molar-refractivity contribution >= 4 is 21.6 Å². The Morgan fingerprint density at radius 1 is 0.971 bits per heavy atom. The van der Waals surface area contributed by atoms with Crippen molar-refractivity contribution < 1.29 is 17.9 Å². The van der Waals surface area contributed by atoms with Gasteiger partial charge in [-0.25, -0.2) is 8.42 Å². The number of hydrogen-bond acceptors (Lipinski definition) is 4. The maximum absolute atomic E-state index is 12.5. The molecule has 0 unspecified atom stereocenters. The number of benzene rings is 3. The summed E-state index contributed by atoms with van der Waals surface area (Å²) in [6.45, 7) is 9.05. The van der Waals surface area contributed by atoms with Crippen LogP contribution in [0, 0.1) is 13.8 Å². The molecule has 1 N–H and O–H groups in total. The normalized spacial score (nSPS) is 11.4. The van der Waals surface area contributed by atoms with Crippen molar-refractivity contribution in [1.82, 2.24) is 5.32 Å². The van der Waals surface area contributed by atoms with E-state index in [0.29, 0.717) is 30.3 Å². The van der Waals surface area contributed by atoms with Crippen LogP contribution in [0.2, 0.25) is 0 Å². The molecule has 0 bridgehead atoms. The van der Waals surface area contributed by atoms with E-state index in [1.54, 1.807) is 24.3 Å². The third kappa shape index (κ3) is 7.33. The van der Waals surface area contributed by atoms with Crippen LogP contribution >= 0.6 is 0 Å². The van der Waals surface area contributed by atoms with Gasteiger partial charge in [0.15, 0.2) is 0 Å². The molecule has 7 heteroatoms. The van der Waals surface area contributed by atoms with Gasteiger partial charge in [0.2, 0.25) is 10.0 Å². The highest BCUT2D eigenvalue weighted by Crippen LogP contribution is 2.26. The summed E-state index contributed by atoms with van der Waals surface area (Å²) in [7, 11) is -3.48. The molecule has 6 nitrogen and oxygen atoms in total. The van der Waals surface area contributed by atoms with Gasteiger partial charge in [0.1, 0.15) is 12.4 Å². The van der Waals surface area contributed by atoms with Crippen LogP contribution in [0.3, 0.4) is 0 Å². The van der Waals surface area contributed by atoms with Gasteiger partial charge < -0.3 is 10.1 Å². The minimum Gasteiger partial charge on any atom is -0.491 e. The van der Waals surface area contributed by atoms with E-state index in [-0.39, 0.29) is 12.5 Å². The fourth-order valence-corrected chi connectivity index (χ4v) is 4.81. The number of carbonyl (C=O) groups is 1. The van der Waals surface area contributed by atoms with Crippen molar-refractivity contribution in [2.45, 2.75) is 40.2 Å². The molecule has 0 aliphatic rings. The second-order valence-electron chi connectivity index (χ2n) is 9.11. The number of aryl methyl sites for hydroxylation is 2. The van der Waals surface area contributed by atoms with Crippen LogP contribution in [-0.4, -0.2) is 33.7 Å². The Balaban J connectivity index is 1.60. The monoisotopic (exact) mass is 494 g/mol. The SMILES string of the molecule is Cc1cc(C)cc(N(Cc2ccc(C(=O)NCCOc3ccccc3C(C)C)cc2)S(C)(=O)=O)c1. The van der Waals surface area contributed by atoms with Gasteiger partial charge in [0.05, 0.1) is 25.0 Å². The highest BCUT2D eigenvalue weighted by molar-refractivity contribution is 7.92. The van der Waals surface area contributed by atoms with Crippen LogP contribution in [-0.2, 0) is 16.6 Å². The Bertz CT molecular complexity index is 1250. The third-order valence-electron chi connectivity index (χ3n) is 5.62. The summed E-state index contributed by atoms with van der Waals surface area (Å²) in [5.74, 6) is 0.986. The Kier molecular flexibility index (Phi) is 8.57. The van der Waals surface area contributed by atoms with E-state index in [0.717, 1.165) is 28.0 Å². The molecule has 3 aromatic rings. The van der Waals surface area contributed by atoms with Gasteiger partial charge in [0, 0.05) is 5.56 Å². The maximum Gasteiger partial charge on any atom is 0.251 e. The summed E-state index contributed by atoms with van der Waals surface area (Å²) >= 11 is 0. The summed E-state index contributed by atoms with van der Waals surface area (Å²) in [4.78, 5) is 12.5. The third-order valence-corrected chi connectivity index (χ3v) is 6.76. The van der Waals surface area contributed by atoms with Crippen molar-refractivity contribution in [2.75, 3.05) is 23.7 Å². The van der Waals surface area contributed by atoms with Gasteiger partial charge in [-0.05, 0) is 72.4 Å². The molecule has 0 saturated carbocycles. The average molecular weight is 495 g/mol. The van der Waals surface area contributed by atoms with E-state index in [2.05, 4.69) is 19.2 Å². The molecule has 0 aliphatic heterocycles.